The van der Waals surface area contributed by atoms with E-state index >= 15 is 0 Å². The Hall–Kier alpha value is -2.76. The van der Waals surface area contributed by atoms with Crippen LogP contribution in [0.5, 0.6) is 34.5 Å². The topological polar surface area (TPSA) is 110 Å². The Labute approximate surface area is 120 Å². The zero-order valence-corrected chi connectivity index (χ0v) is 10.9. The van der Waals surface area contributed by atoms with Crippen LogP contribution in [0, 0.1) is 0 Å². The second-order valence-corrected chi connectivity index (χ2v) is 4.99. The van der Waals surface area contributed by atoms with Gasteiger partial charge < -0.3 is 30.3 Å². The molecule has 110 valence electrons. The Morgan fingerprint density at radius 2 is 1.52 bits per heavy atom. The number of benzene rings is 2. The molecule has 6 nitrogen and oxygen atoms in total. The molecule has 0 unspecified atom stereocenters. The molecule has 1 atom stereocenters. The molecule has 21 heavy (non-hydrogen) atoms. The van der Waals surface area contributed by atoms with Gasteiger partial charge in [0.25, 0.3) is 0 Å². The predicted molar refractivity (Wildman–Crippen MR) is 72.9 cm³/mol. The number of fused-ring (bicyclic) bond motifs is 1. The van der Waals surface area contributed by atoms with Crippen molar-refractivity contribution in [1.29, 1.82) is 0 Å². The molecule has 1 heterocycles. The second-order valence-electron chi connectivity index (χ2n) is 4.99. The lowest BCUT2D eigenvalue weighted by Crippen LogP contribution is -2.15. The van der Waals surface area contributed by atoms with Gasteiger partial charge in [0.2, 0.25) is 0 Å². The van der Waals surface area contributed by atoms with Gasteiger partial charge >= 0.3 is 0 Å². The molecule has 2 aromatic carbocycles. The van der Waals surface area contributed by atoms with Crippen molar-refractivity contribution >= 4 is 0 Å². The summed E-state index contributed by atoms with van der Waals surface area (Å²) in [5.74, 6) is -1.22. The molecule has 0 saturated carbocycles. The van der Waals surface area contributed by atoms with Gasteiger partial charge in [0.15, 0.2) is 17.2 Å². The first-order valence-corrected chi connectivity index (χ1v) is 6.42. The molecule has 0 spiro atoms. The standard InChI is InChI=1S/C15H14O6/c16-8-5-10(17)9-1-2-13(21-14(9)6-8)7-3-11(18)15(20)12(19)4-7/h3-6,13,16-20H,1-2H2/t13-/m0/s1. The smallest absolute Gasteiger partial charge is 0.200 e. The molecule has 1 aliphatic rings. The van der Waals surface area contributed by atoms with Crippen molar-refractivity contribution in [2.24, 2.45) is 0 Å². The lowest BCUT2D eigenvalue weighted by atomic mass is 9.96. The summed E-state index contributed by atoms with van der Waals surface area (Å²) in [7, 11) is 0. The molecule has 3 rings (SSSR count). The van der Waals surface area contributed by atoms with E-state index < -0.39 is 23.4 Å². The van der Waals surface area contributed by atoms with Gasteiger partial charge in [0, 0.05) is 17.7 Å². The maximum Gasteiger partial charge on any atom is 0.200 e. The molecule has 0 saturated heterocycles. The fraction of sp³-hybridized carbons (Fsp3) is 0.200. The van der Waals surface area contributed by atoms with E-state index in [0.717, 1.165) is 0 Å². The zero-order valence-electron chi connectivity index (χ0n) is 10.9. The normalized spacial score (nSPS) is 17.0. The van der Waals surface area contributed by atoms with Gasteiger partial charge in [-0.1, -0.05) is 0 Å². The van der Waals surface area contributed by atoms with Crippen molar-refractivity contribution < 1.29 is 30.3 Å². The van der Waals surface area contributed by atoms with Gasteiger partial charge in [-0.05, 0) is 30.5 Å². The highest BCUT2D eigenvalue weighted by molar-refractivity contribution is 5.53. The molecule has 1 aliphatic heterocycles. The molecule has 0 aromatic heterocycles. The van der Waals surface area contributed by atoms with Crippen molar-refractivity contribution in [3.8, 4) is 34.5 Å². The van der Waals surface area contributed by atoms with Gasteiger partial charge in [-0.2, -0.15) is 0 Å². The molecule has 5 N–H and O–H groups in total. The zero-order chi connectivity index (χ0) is 15.1. The number of hydrogen-bond acceptors (Lipinski definition) is 6. The number of rotatable bonds is 1. The van der Waals surface area contributed by atoms with Gasteiger partial charge in [0.1, 0.15) is 23.4 Å². The average molecular weight is 290 g/mol. The maximum atomic E-state index is 9.77. The summed E-state index contributed by atoms with van der Waals surface area (Å²) in [5.41, 5.74) is 1.10. The average Bonchev–Trinajstić information content (AvgIpc) is 2.43. The van der Waals surface area contributed by atoms with E-state index in [9.17, 15) is 25.5 Å². The van der Waals surface area contributed by atoms with Crippen molar-refractivity contribution in [2.75, 3.05) is 0 Å². The molecule has 0 amide bonds. The van der Waals surface area contributed by atoms with Crippen molar-refractivity contribution in [3.05, 3.63) is 35.4 Å². The van der Waals surface area contributed by atoms with Gasteiger partial charge in [-0.15, -0.1) is 0 Å². The highest BCUT2D eigenvalue weighted by Crippen LogP contribution is 2.44. The van der Waals surface area contributed by atoms with Gasteiger partial charge in [0.05, 0.1) is 0 Å². The number of hydrogen-bond donors (Lipinski definition) is 5. The quantitative estimate of drug-likeness (QED) is 0.515. The monoisotopic (exact) mass is 290 g/mol. The van der Waals surface area contributed by atoms with E-state index in [1.54, 1.807) is 0 Å². The highest BCUT2D eigenvalue weighted by atomic mass is 16.5. The van der Waals surface area contributed by atoms with Crippen LogP contribution in [0.1, 0.15) is 23.7 Å². The Morgan fingerprint density at radius 1 is 0.857 bits per heavy atom. The van der Waals surface area contributed by atoms with Crippen LogP contribution in [0.25, 0.3) is 0 Å². The molecule has 0 radical (unpaired) electrons. The Morgan fingerprint density at radius 3 is 2.19 bits per heavy atom. The SMILES string of the molecule is Oc1cc(O)c2c(c1)O[C@H](c1cc(O)c(O)c(O)c1)CC2. The van der Waals surface area contributed by atoms with Crippen LogP contribution < -0.4 is 4.74 Å². The summed E-state index contributed by atoms with van der Waals surface area (Å²) in [4.78, 5) is 0. The van der Waals surface area contributed by atoms with Crippen LogP contribution in [0.3, 0.4) is 0 Å². The van der Waals surface area contributed by atoms with Crippen LogP contribution in [0.15, 0.2) is 24.3 Å². The maximum absolute atomic E-state index is 9.77. The Bertz CT molecular complexity index is 687. The van der Waals surface area contributed by atoms with E-state index in [4.69, 9.17) is 4.74 Å². The van der Waals surface area contributed by atoms with E-state index in [0.29, 0.717) is 29.7 Å². The van der Waals surface area contributed by atoms with Crippen LogP contribution in [-0.4, -0.2) is 25.5 Å². The fourth-order valence-electron chi connectivity index (χ4n) is 2.51. The minimum absolute atomic E-state index is 0.0279. The third-order valence-electron chi connectivity index (χ3n) is 3.56. The summed E-state index contributed by atoms with van der Waals surface area (Å²) < 4.78 is 5.71. The number of ether oxygens (including phenoxy) is 1. The van der Waals surface area contributed by atoms with Crippen LogP contribution in [0.4, 0.5) is 0 Å². The molecule has 0 fully saturated rings. The number of phenolic OH excluding ortho intramolecular Hbond substituents is 5. The lowest BCUT2D eigenvalue weighted by Gasteiger charge is -2.27. The molecule has 0 bridgehead atoms. The second kappa shape index (κ2) is 4.66. The molecular weight excluding hydrogens is 276 g/mol. The summed E-state index contributed by atoms with van der Waals surface area (Å²) >= 11 is 0. The Balaban J connectivity index is 1.96. The molecule has 6 heteroatoms. The summed E-state index contributed by atoms with van der Waals surface area (Å²) in [6.45, 7) is 0. The molecular formula is C15H14O6. The minimum Gasteiger partial charge on any atom is -0.508 e. The van der Waals surface area contributed by atoms with Crippen LogP contribution in [0.2, 0.25) is 0 Å². The third-order valence-corrected chi connectivity index (χ3v) is 3.56. The largest absolute Gasteiger partial charge is 0.508 e. The van der Waals surface area contributed by atoms with E-state index in [2.05, 4.69) is 0 Å². The first-order valence-electron chi connectivity index (χ1n) is 6.42. The van der Waals surface area contributed by atoms with Crippen molar-refractivity contribution in [2.45, 2.75) is 18.9 Å². The van der Waals surface area contributed by atoms with Crippen molar-refractivity contribution in [1.82, 2.24) is 0 Å². The lowest BCUT2D eigenvalue weighted by molar-refractivity contribution is 0.173. The number of aromatic hydroxyl groups is 5. The third kappa shape index (κ3) is 2.24. The fourth-order valence-corrected chi connectivity index (χ4v) is 2.51. The van der Waals surface area contributed by atoms with Crippen LogP contribution in [-0.2, 0) is 6.42 Å². The summed E-state index contributed by atoms with van der Waals surface area (Å²) in [5, 5.41) is 47.7. The van der Waals surface area contributed by atoms with Gasteiger partial charge in [-0.25, -0.2) is 0 Å². The van der Waals surface area contributed by atoms with E-state index in [1.165, 1.54) is 24.3 Å². The predicted octanol–water partition coefficient (Wildman–Crippen LogP) is 2.28. The highest BCUT2D eigenvalue weighted by Gasteiger charge is 2.25. The van der Waals surface area contributed by atoms with E-state index in [1.807, 2.05) is 0 Å². The van der Waals surface area contributed by atoms with Gasteiger partial charge in [-0.3, -0.25) is 0 Å². The molecule has 0 aliphatic carbocycles. The Kier molecular flexibility index (Phi) is 2.94. The molecule has 2 aromatic rings. The van der Waals surface area contributed by atoms with E-state index in [-0.39, 0.29) is 11.5 Å². The summed E-state index contributed by atoms with van der Waals surface area (Å²) in [6.07, 6.45) is 0.583. The first kappa shape index (κ1) is 13.2. The first-order chi connectivity index (χ1) is 9.95. The number of phenols is 5. The van der Waals surface area contributed by atoms with Crippen molar-refractivity contribution in [3.63, 3.8) is 0 Å². The summed E-state index contributed by atoms with van der Waals surface area (Å²) in [6, 6.07) is 5.28. The minimum atomic E-state index is -0.578. The van der Waals surface area contributed by atoms with Crippen LogP contribution >= 0.6 is 0 Å².